The Morgan fingerprint density at radius 1 is 1.44 bits per heavy atom. The van der Waals surface area contributed by atoms with E-state index in [-0.39, 0.29) is 25.2 Å². The Kier molecular flexibility index (Phi) is 4.99. The maximum Gasteiger partial charge on any atom is 0.341 e. The van der Waals surface area contributed by atoms with Crippen molar-refractivity contribution >= 4 is 11.9 Å². The van der Waals surface area contributed by atoms with Crippen LogP contribution in [0.3, 0.4) is 0 Å². The molecule has 0 aromatic rings. The van der Waals surface area contributed by atoms with Crippen molar-refractivity contribution in [3.8, 4) is 0 Å². The molecule has 3 heterocycles. The van der Waals surface area contributed by atoms with Gasteiger partial charge in [0.25, 0.3) is 0 Å². The highest BCUT2D eigenvalue weighted by Gasteiger charge is 2.46. The summed E-state index contributed by atoms with van der Waals surface area (Å²) >= 11 is 0. The first-order chi connectivity index (χ1) is 11.9. The first kappa shape index (κ1) is 18.1. The number of carbonyl (C=O) groups excluding carboxylic acids is 2. The highest BCUT2D eigenvalue weighted by molar-refractivity contribution is 5.89. The van der Waals surface area contributed by atoms with Crippen LogP contribution in [0.25, 0.3) is 0 Å². The Labute approximate surface area is 146 Å². The fraction of sp³-hybridized carbons (Fsp3) is 0.667. The molecule has 2 fully saturated rings. The average Bonchev–Trinajstić information content (AvgIpc) is 3.18. The molecule has 0 radical (unpaired) electrons. The molecule has 0 saturated carbocycles. The molecule has 0 aromatic carbocycles. The second kappa shape index (κ2) is 6.90. The summed E-state index contributed by atoms with van der Waals surface area (Å²) in [5.74, 6) is -1.99. The van der Waals surface area contributed by atoms with Gasteiger partial charge in [-0.1, -0.05) is 19.1 Å². The zero-order valence-corrected chi connectivity index (χ0v) is 14.6. The van der Waals surface area contributed by atoms with Gasteiger partial charge in [-0.25, -0.2) is 9.59 Å². The van der Waals surface area contributed by atoms with Gasteiger partial charge in [0.15, 0.2) is 5.60 Å². The van der Waals surface area contributed by atoms with Crippen LogP contribution in [0, 0.1) is 5.92 Å². The van der Waals surface area contributed by atoms with Crippen LogP contribution in [-0.2, 0) is 19.1 Å². The lowest BCUT2D eigenvalue weighted by molar-refractivity contribution is -0.176. The molecule has 4 atom stereocenters. The van der Waals surface area contributed by atoms with Crippen molar-refractivity contribution in [3.05, 3.63) is 23.3 Å². The van der Waals surface area contributed by atoms with Crippen LogP contribution in [0.15, 0.2) is 23.3 Å². The second-order valence-electron chi connectivity index (χ2n) is 7.03. The maximum absolute atomic E-state index is 12.6. The molecule has 0 unspecified atom stereocenters. The quantitative estimate of drug-likeness (QED) is 0.395. The van der Waals surface area contributed by atoms with Crippen LogP contribution >= 0.6 is 0 Å². The summed E-state index contributed by atoms with van der Waals surface area (Å²) < 4.78 is 11.1. The molecule has 0 aromatic heterocycles. The Morgan fingerprint density at radius 2 is 2.20 bits per heavy atom. The van der Waals surface area contributed by atoms with Gasteiger partial charge in [0.1, 0.15) is 12.7 Å². The number of esters is 2. The van der Waals surface area contributed by atoms with Crippen molar-refractivity contribution in [3.63, 3.8) is 0 Å². The van der Waals surface area contributed by atoms with E-state index in [1.54, 1.807) is 19.9 Å². The maximum atomic E-state index is 12.6. The molecule has 3 aliphatic rings. The normalized spacial score (nSPS) is 38.5. The van der Waals surface area contributed by atoms with Gasteiger partial charge in [-0.15, -0.1) is 0 Å². The number of hydrogen-bond donors (Lipinski definition) is 2. The zero-order valence-electron chi connectivity index (χ0n) is 14.6. The molecule has 0 amide bonds. The molecule has 7 nitrogen and oxygen atoms in total. The topological polar surface area (TPSA) is 96.3 Å². The van der Waals surface area contributed by atoms with E-state index in [2.05, 4.69) is 4.90 Å². The molecule has 138 valence electrons. The van der Waals surface area contributed by atoms with Gasteiger partial charge in [0.05, 0.1) is 12.6 Å². The fourth-order valence-corrected chi connectivity index (χ4v) is 3.85. The molecule has 0 bridgehead atoms. The second-order valence-corrected chi connectivity index (χ2v) is 7.03. The predicted molar refractivity (Wildman–Crippen MR) is 88.5 cm³/mol. The Hall–Kier alpha value is -1.70. The number of aliphatic hydroxyl groups excluding tert-OH is 1. The third-order valence-electron chi connectivity index (χ3n) is 5.59. The van der Waals surface area contributed by atoms with Crippen LogP contribution in [0.4, 0.5) is 0 Å². The Bertz CT molecular complexity index is 627. The third-order valence-corrected chi connectivity index (χ3v) is 5.59. The summed E-state index contributed by atoms with van der Waals surface area (Å²) in [6.45, 7) is 4.12. The van der Waals surface area contributed by atoms with Crippen LogP contribution in [0.2, 0.25) is 0 Å². The van der Waals surface area contributed by atoms with E-state index in [0.717, 1.165) is 25.1 Å². The van der Waals surface area contributed by atoms with Gasteiger partial charge in [-0.2, -0.15) is 0 Å². The molecule has 2 N–H and O–H groups in total. The first-order valence-corrected chi connectivity index (χ1v) is 8.70. The van der Waals surface area contributed by atoms with Crippen molar-refractivity contribution in [2.75, 3.05) is 26.3 Å². The summed E-state index contributed by atoms with van der Waals surface area (Å²) in [5.41, 5.74) is -0.796. The van der Waals surface area contributed by atoms with E-state index >= 15 is 0 Å². The minimum absolute atomic E-state index is 0.0273. The van der Waals surface area contributed by atoms with Crippen molar-refractivity contribution < 1.29 is 29.3 Å². The Balaban J connectivity index is 1.93. The third kappa shape index (κ3) is 3.12. The molecule has 2 saturated heterocycles. The molecule has 0 spiro atoms. The van der Waals surface area contributed by atoms with Crippen molar-refractivity contribution in [1.82, 2.24) is 4.90 Å². The number of rotatable bonds is 1. The lowest BCUT2D eigenvalue weighted by atomic mass is 9.84. The van der Waals surface area contributed by atoms with Gasteiger partial charge in [-0.05, 0) is 25.3 Å². The fourth-order valence-electron chi connectivity index (χ4n) is 3.85. The van der Waals surface area contributed by atoms with Crippen molar-refractivity contribution in [2.45, 2.75) is 44.4 Å². The predicted octanol–water partition coefficient (Wildman–Crippen LogP) is 0.165. The lowest BCUT2D eigenvalue weighted by Crippen LogP contribution is -2.50. The first-order valence-electron chi connectivity index (χ1n) is 8.70. The highest BCUT2D eigenvalue weighted by atomic mass is 16.6. The van der Waals surface area contributed by atoms with Gasteiger partial charge >= 0.3 is 11.9 Å². The van der Waals surface area contributed by atoms with E-state index in [0.29, 0.717) is 5.57 Å². The van der Waals surface area contributed by atoms with E-state index in [9.17, 15) is 19.8 Å². The van der Waals surface area contributed by atoms with Crippen LogP contribution in [0.5, 0.6) is 0 Å². The van der Waals surface area contributed by atoms with Crippen LogP contribution in [0.1, 0.15) is 26.7 Å². The van der Waals surface area contributed by atoms with Gasteiger partial charge in [0.2, 0.25) is 0 Å². The smallest absolute Gasteiger partial charge is 0.341 e. The van der Waals surface area contributed by atoms with Gasteiger partial charge in [-0.3, -0.25) is 4.90 Å². The van der Waals surface area contributed by atoms with Gasteiger partial charge in [0, 0.05) is 24.6 Å². The molecule has 0 aliphatic carbocycles. The summed E-state index contributed by atoms with van der Waals surface area (Å²) in [6, 6.07) is -0.0890. The molecule has 25 heavy (non-hydrogen) atoms. The largest absolute Gasteiger partial charge is 0.459 e. The Morgan fingerprint density at radius 3 is 2.88 bits per heavy atom. The standard InChI is InChI=1S/C18H25NO6/c1-3-12-8-11(2)18(23,10-20)17(22)24-9-13-4-6-19-7-5-14(15(13)19)25-16(12)21/h3-4,11,14-15,20,23H,5-10H2,1-2H3/b12-3+/t11-,14+,15-,18+/m0/s1. The SMILES string of the molecule is C/C=C1\C[C@H](C)[C@](O)(CO)C(=O)OCC2=CCN3CC[C@@H](OC1=O)[C@H]23. The van der Waals surface area contributed by atoms with E-state index < -0.39 is 30.1 Å². The van der Waals surface area contributed by atoms with Crippen LogP contribution in [-0.4, -0.2) is 71.1 Å². The number of cyclic esters (lactones) is 1. The summed E-state index contributed by atoms with van der Waals surface area (Å²) in [6.07, 6.45) is 4.20. The van der Waals surface area contributed by atoms with Gasteiger partial charge < -0.3 is 19.7 Å². The number of ether oxygens (including phenoxy) is 2. The number of nitrogens with zero attached hydrogens (tertiary/aromatic N) is 1. The minimum Gasteiger partial charge on any atom is -0.459 e. The highest BCUT2D eigenvalue weighted by Crippen LogP contribution is 2.34. The summed E-state index contributed by atoms with van der Waals surface area (Å²) in [4.78, 5) is 27.2. The zero-order chi connectivity index (χ0) is 18.2. The monoisotopic (exact) mass is 351 g/mol. The van der Waals surface area contributed by atoms with Crippen molar-refractivity contribution in [2.24, 2.45) is 5.92 Å². The summed E-state index contributed by atoms with van der Waals surface area (Å²) in [5, 5.41) is 20.2. The van der Waals surface area contributed by atoms with Crippen LogP contribution < -0.4 is 0 Å². The van der Waals surface area contributed by atoms with E-state index in [1.165, 1.54) is 0 Å². The average molecular weight is 351 g/mol. The molecule has 3 rings (SSSR count). The molecule has 7 heteroatoms. The molecule has 3 aliphatic heterocycles. The number of carbonyl (C=O) groups is 2. The van der Waals surface area contributed by atoms with E-state index in [1.807, 2.05) is 6.08 Å². The molecular formula is C18H25NO6. The van der Waals surface area contributed by atoms with E-state index in [4.69, 9.17) is 9.47 Å². The summed E-state index contributed by atoms with van der Waals surface area (Å²) in [7, 11) is 0. The lowest BCUT2D eigenvalue weighted by Gasteiger charge is -2.32. The number of aliphatic hydroxyl groups is 2. The number of hydrogen-bond acceptors (Lipinski definition) is 7. The molecular weight excluding hydrogens is 326 g/mol. The minimum atomic E-state index is -2.05. The van der Waals surface area contributed by atoms with Crippen molar-refractivity contribution in [1.29, 1.82) is 0 Å². The number of allylic oxidation sites excluding steroid dienone is 1.